The molecule has 0 aliphatic carbocycles. The summed E-state index contributed by atoms with van der Waals surface area (Å²) in [6.45, 7) is -0.918. The molecular formula is C15H14F2N2O2. The van der Waals surface area contributed by atoms with Crippen LogP contribution in [-0.2, 0) is 6.54 Å². The topological polar surface area (TPSA) is 51.2 Å². The van der Waals surface area contributed by atoms with Crippen molar-refractivity contribution in [2.24, 2.45) is 0 Å². The summed E-state index contributed by atoms with van der Waals surface area (Å²) < 4.78 is 28.9. The monoisotopic (exact) mass is 292 g/mol. The number of amides is 1. The maximum Gasteiger partial charge on any atom is 0.387 e. The summed E-state index contributed by atoms with van der Waals surface area (Å²) in [7, 11) is 0. The minimum absolute atomic E-state index is 0.0606. The number of nitrogens with one attached hydrogen (secondary N) is 1. The second kappa shape index (κ2) is 6.78. The fourth-order valence-electron chi connectivity index (χ4n) is 1.82. The lowest BCUT2D eigenvalue weighted by Crippen LogP contribution is -2.24. The molecule has 0 unspecified atom stereocenters. The molecule has 1 N–H and O–H groups in total. The number of aryl methyl sites for hydroxylation is 1. The van der Waals surface area contributed by atoms with E-state index in [-0.39, 0.29) is 17.9 Å². The molecule has 21 heavy (non-hydrogen) atoms. The first-order valence-corrected chi connectivity index (χ1v) is 6.31. The Labute approximate surface area is 120 Å². The SMILES string of the molecule is Cc1cccc(CNC(=O)c2ccccc2OC(F)F)n1. The lowest BCUT2D eigenvalue weighted by Gasteiger charge is -2.10. The maximum absolute atomic E-state index is 12.3. The third-order valence-electron chi connectivity index (χ3n) is 2.72. The third kappa shape index (κ3) is 4.24. The van der Waals surface area contributed by atoms with Crippen molar-refractivity contribution >= 4 is 5.91 Å². The van der Waals surface area contributed by atoms with Crippen LogP contribution in [-0.4, -0.2) is 17.5 Å². The molecule has 0 aliphatic rings. The number of carbonyl (C=O) groups is 1. The average molecular weight is 292 g/mol. The summed E-state index contributed by atoms with van der Waals surface area (Å²) in [5, 5.41) is 2.63. The summed E-state index contributed by atoms with van der Waals surface area (Å²) in [6.07, 6.45) is 0. The van der Waals surface area contributed by atoms with E-state index in [1.165, 1.54) is 18.2 Å². The van der Waals surface area contributed by atoms with E-state index in [1.807, 2.05) is 19.1 Å². The van der Waals surface area contributed by atoms with E-state index in [4.69, 9.17) is 0 Å². The molecule has 6 heteroatoms. The Bertz CT molecular complexity index is 633. The Hall–Kier alpha value is -2.50. The molecule has 2 rings (SSSR count). The van der Waals surface area contributed by atoms with Crippen molar-refractivity contribution in [1.29, 1.82) is 0 Å². The van der Waals surface area contributed by atoms with E-state index in [0.29, 0.717) is 5.69 Å². The van der Waals surface area contributed by atoms with Crippen LogP contribution in [0.1, 0.15) is 21.7 Å². The van der Waals surface area contributed by atoms with E-state index in [0.717, 1.165) is 5.69 Å². The number of halogens is 2. The number of para-hydroxylation sites is 1. The van der Waals surface area contributed by atoms with Crippen LogP contribution in [0.5, 0.6) is 5.75 Å². The molecule has 110 valence electrons. The zero-order valence-electron chi connectivity index (χ0n) is 11.3. The number of aromatic nitrogens is 1. The van der Waals surface area contributed by atoms with Gasteiger partial charge in [-0.25, -0.2) is 0 Å². The van der Waals surface area contributed by atoms with Gasteiger partial charge in [0.15, 0.2) is 0 Å². The smallest absolute Gasteiger partial charge is 0.387 e. The first kappa shape index (κ1) is 14.9. The van der Waals surface area contributed by atoms with Gasteiger partial charge in [0, 0.05) is 5.69 Å². The average Bonchev–Trinajstić information content (AvgIpc) is 2.45. The van der Waals surface area contributed by atoms with Crippen molar-refractivity contribution < 1.29 is 18.3 Å². The fourth-order valence-corrected chi connectivity index (χ4v) is 1.82. The predicted molar refractivity (Wildman–Crippen MR) is 73.2 cm³/mol. The van der Waals surface area contributed by atoms with Gasteiger partial charge in [0.25, 0.3) is 5.91 Å². The molecule has 0 bridgehead atoms. The second-order valence-electron chi connectivity index (χ2n) is 4.33. The number of rotatable bonds is 5. The number of hydrogen-bond donors (Lipinski definition) is 1. The molecule has 4 nitrogen and oxygen atoms in total. The highest BCUT2D eigenvalue weighted by Gasteiger charge is 2.15. The Kier molecular flexibility index (Phi) is 4.81. The van der Waals surface area contributed by atoms with Gasteiger partial charge < -0.3 is 10.1 Å². The van der Waals surface area contributed by atoms with Crippen LogP contribution in [0.3, 0.4) is 0 Å². The molecule has 1 heterocycles. The first-order valence-electron chi connectivity index (χ1n) is 6.31. The molecule has 1 aromatic carbocycles. The van der Waals surface area contributed by atoms with Crippen LogP contribution in [0, 0.1) is 6.92 Å². The summed E-state index contributed by atoms with van der Waals surface area (Å²) in [6, 6.07) is 11.3. The molecular weight excluding hydrogens is 278 g/mol. The van der Waals surface area contributed by atoms with E-state index < -0.39 is 12.5 Å². The van der Waals surface area contributed by atoms with Gasteiger partial charge in [0.05, 0.1) is 17.8 Å². The van der Waals surface area contributed by atoms with E-state index in [1.54, 1.807) is 12.1 Å². The molecule has 1 amide bonds. The van der Waals surface area contributed by atoms with Gasteiger partial charge >= 0.3 is 6.61 Å². The Morgan fingerprint density at radius 2 is 2.00 bits per heavy atom. The molecule has 1 aromatic heterocycles. The van der Waals surface area contributed by atoms with Gasteiger partial charge in [-0.3, -0.25) is 9.78 Å². The molecule has 0 saturated heterocycles. The van der Waals surface area contributed by atoms with Crippen molar-refractivity contribution in [1.82, 2.24) is 10.3 Å². The van der Waals surface area contributed by atoms with Crippen molar-refractivity contribution in [2.45, 2.75) is 20.1 Å². The van der Waals surface area contributed by atoms with Crippen molar-refractivity contribution in [3.8, 4) is 5.75 Å². The second-order valence-corrected chi connectivity index (χ2v) is 4.33. The van der Waals surface area contributed by atoms with Gasteiger partial charge in [-0.2, -0.15) is 8.78 Å². The summed E-state index contributed by atoms with van der Waals surface area (Å²) >= 11 is 0. The minimum atomic E-state index is -2.97. The van der Waals surface area contributed by atoms with Crippen LogP contribution in [0.15, 0.2) is 42.5 Å². The summed E-state index contributed by atoms with van der Waals surface area (Å²) in [5.74, 6) is -0.642. The van der Waals surface area contributed by atoms with Crippen molar-refractivity contribution in [2.75, 3.05) is 0 Å². The molecule has 0 aliphatic heterocycles. The number of hydrogen-bond acceptors (Lipinski definition) is 3. The lowest BCUT2D eigenvalue weighted by atomic mass is 10.2. The zero-order chi connectivity index (χ0) is 15.2. The van der Waals surface area contributed by atoms with E-state index in [2.05, 4.69) is 15.0 Å². The summed E-state index contributed by atoms with van der Waals surface area (Å²) in [5.41, 5.74) is 1.59. The first-order chi connectivity index (χ1) is 10.1. The van der Waals surface area contributed by atoms with Crippen LogP contribution >= 0.6 is 0 Å². The molecule has 0 atom stereocenters. The van der Waals surface area contributed by atoms with Crippen LogP contribution < -0.4 is 10.1 Å². The Morgan fingerprint density at radius 3 is 2.71 bits per heavy atom. The number of nitrogens with zero attached hydrogens (tertiary/aromatic N) is 1. The number of benzene rings is 1. The fraction of sp³-hybridized carbons (Fsp3) is 0.200. The van der Waals surface area contributed by atoms with Crippen LogP contribution in [0.25, 0.3) is 0 Å². The quantitative estimate of drug-likeness (QED) is 0.922. The van der Waals surface area contributed by atoms with E-state index >= 15 is 0 Å². The highest BCUT2D eigenvalue weighted by atomic mass is 19.3. The predicted octanol–water partition coefficient (Wildman–Crippen LogP) is 2.92. The highest BCUT2D eigenvalue weighted by Crippen LogP contribution is 2.20. The van der Waals surface area contributed by atoms with E-state index in [9.17, 15) is 13.6 Å². The zero-order valence-corrected chi connectivity index (χ0v) is 11.3. The molecule has 0 spiro atoms. The summed E-state index contributed by atoms with van der Waals surface area (Å²) in [4.78, 5) is 16.3. The van der Waals surface area contributed by atoms with Crippen molar-refractivity contribution in [3.63, 3.8) is 0 Å². The Morgan fingerprint density at radius 1 is 1.24 bits per heavy atom. The molecule has 2 aromatic rings. The standard InChI is InChI=1S/C15H14F2N2O2/c1-10-5-4-6-11(19-10)9-18-14(20)12-7-2-3-8-13(12)21-15(16)17/h2-8,15H,9H2,1H3,(H,18,20). The number of alkyl halides is 2. The minimum Gasteiger partial charge on any atom is -0.434 e. The highest BCUT2D eigenvalue weighted by molar-refractivity contribution is 5.96. The number of carbonyl (C=O) groups excluding carboxylic acids is 1. The number of pyridine rings is 1. The maximum atomic E-state index is 12.3. The number of ether oxygens (including phenoxy) is 1. The van der Waals surface area contributed by atoms with Gasteiger partial charge in [-0.15, -0.1) is 0 Å². The van der Waals surface area contributed by atoms with Gasteiger partial charge in [-0.1, -0.05) is 18.2 Å². The van der Waals surface area contributed by atoms with Gasteiger partial charge in [0.2, 0.25) is 0 Å². The largest absolute Gasteiger partial charge is 0.434 e. The van der Waals surface area contributed by atoms with Crippen molar-refractivity contribution in [3.05, 3.63) is 59.4 Å². The third-order valence-corrected chi connectivity index (χ3v) is 2.72. The van der Waals surface area contributed by atoms with Crippen LogP contribution in [0.4, 0.5) is 8.78 Å². The van der Waals surface area contributed by atoms with Gasteiger partial charge in [-0.05, 0) is 31.2 Å². The molecule has 0 fully saturated rings. The van der Waals surface area contributed by atoms with Crippen LogP contribution in [0.2, 0.25) is 0 Å². The molecule has 0 radical (unpaired) electrons. The normalized spacial score (nSPS) is 10.5. The lowest BCUT2D eigenvalue weighted by molar-refractivity contribution is -0.0501. The Balaban J connectivity index is 2.07. The molecule has 0 saturated carbocycles. The van der Waals surface area contributed by atoms with Gasteiger partial charge in [0.1, 0.15) is 5.75 Å².